The number of aromatic nitrogens is 2. The van der Waals surface area contributed by atoms with Crippen molar-refractivity contribution >= 4 is 12.2 Å². The van der Waals surface area contributed by atoms with Crippen molar-refractivity contribution < 1.29 is 0 Å². The Kier molecular flexibility index (Phi) is 4.45. The van der Waals surface area contributed by atoms with E-state index in [1.807, 2.05) is 19.9 Å². The van der Waals surface area contributed by atoms with Crippen LogP contribution in [-0.4, -0.2) is 16.2 Å². The average molecular weight is 268 g/mol. The molecular weight excluding hydrogens is 248 g/mol. The van der Waals surface area contributed by atoms with Gasteiger partial charge in [-0.15, -0.1) is 0 Å². The molecule has 4 heteroatoms. The van der Waals surface area contributed by atoms with Crippen molar-refractivity contribution in [2.45, 2.75) is 33.6 Å². The van der Waals surface area contributed by atoms with E-state index < -0.39 is 0 Å². The molecule has 104 valence electrons. The minimum Gasteiger partial charge on any atom is -0.245 e. The predicted octanol–water partition coefficient (Wildman–Crippen LogP) is 3.66. The zero-order chi connectivity index (χ0) is 14.5. The molecule has 0 aliphatic heterocycles. The smallest absolute Gasteiger partial charge is 0.243 e. The van der Waals surface area contributed by atoms with Gasteiger partial charge >= 0.3 is 0 Å². The molecule has 0 unspecified atom stereocenters. The van der Waals surface area contributed by atoms with E-state index in [9.17, 15) is 0 Å². The fourth-order valence-electron chi connectivity index (χ4n) is 1.91. The van der Waals surface area contributed by atoms with Crippen LogP contribution in [0.5, 0.6) is 0 Å². The number of aryl methyl sites for hydroxylation is 2. The Morgan fingerprint density at radius 1 is 1.05 bits per heavy atom. The van der Waals surface area contributed by atoms with Crippen LogP contribution in [0.3, 0.4) is 0 Å². The second kappa shape index (κ2) is 6.28. The first-order valence-corrected chi connectivity index (χ1v) is 6.76. The molecule has 0 fully saturated rings. The van der Waals surface area contributed by atoms with E-state index in [1.54, 1.807) is 6.21 Å². The fourth-order valence-corrected chi connectivity index (χ4v) is 1.91. The Morgan fingerprint density at radius 3 is 2.20 bits per heavy atom. The van der Waals surface area contributed by atoms with E-state index >= 15 is 0 Å². The third kappa shape index (κ3) is 3.88. The fraction of sp³-hybridized carbons (Fsp3) is 0.312. The molecule has 0 bridgehead atoms. The lowest BCUT2D eigenvalue weighted by Gasteiger charge is -2.04. The van der Waals surface area contributed by atoms with E-state index in [2.05, 4.69) is 58.6 Å². The standard InChI is InChI=1S/C16H20N4/c1-11(2)15-7-5-14(6-8-15)10-17-20-16-18-12(3)9-13(4)19-16/h5-11H,1-4H3,(H,18,19,20)/b17-10+. The van der Waals surface area contributed by atoms with Crippen molar-refractivity contribution in [3.05, 3.63) is 52.8 Å². The van der Waals surface area contributed by atoms with Gasteiger partial charge in [0.1, 0.15) is 0 Å². The van der Waals surface area contributed by atoms with Crippen molar-refractivity contribution in [3.63, 3.8) is 0 Å². The number of hydrazone groups is 1. The van der Waals surface area contributed by atoms with Gasteiger partial charge in [0.05, 0.1) is 6.21 Å². The third-order valence-electron chi connectivity index (χ3n) is 2.96. The van der Waals surface area contributed by atoms with Crippen LogP contribution in [0.1, 0.15) is 42.3 Å². The predicted molar refractivity (Wildman–Crippen MR) is 83.3 cm³/mol. The summed E-state index contributed by atoms with van der Waals surface area (Å²) in [6, 6.07) is 10.3. The van der Waals surface area contributed by atoms with E-state index in [1.165, 1.54) is 5.56 Å². The lowest BCUT2D eigenvalue weighted by molar-refractivity contribution is 0.866. The quantitative estimate of drug-likeness (QED) is 0.680. The summed E-state index contributed by atoms with van der Waals surface area (Å²) in [6.07, 6.45) is 1.77. The van der Waals surface area contributed by atoms with Crippen LogP contribution >= 0.6 is 0 Å². The summed E-state index contributed by atoms with van der Waals surface area (Å²) >= 11 is 0. The first-order chi connectivity index (χ1) is 9.54. The highest BCUT2D eigenvalue weighted by Gasteiger charge is 1.98. The average Bonchev–Trinajstić information content (AvgIpc) is 2.38. The highest BCUT2D eigenvalue weighted by molar-refractivity contribution is 5.80. The molecule has 4 nitrogen and oxygen atoms in total. The van der Waals surface area contributed by atoms with Gasteiger partial charge in [-0.1, -0.05) is 38.1 Å². The summed E-state index contributed by atoms with van der Waals surface area (Å²) in [5.74, 6) is 1.07. The maximum atomic E-state index is 4.27. The van der Waals surface area contributed by atoms with Crippen molar-refractivity contribution in [1.29, 1.82) is 0 Å². The molecule has 1 aromatic heterocycles. The maximum Gasteiger partial charge on any atom is 0.243 e. The molecule has 1 heterocycles. The first kappa shape index (κ1) is 14.2. The number of anilines is 1. The van der Waals surface area contributed by atoms with Crippen LogP contribution in [0.4, 0.5) is 5.95 Å². The van der Waals surface area contributed by atoms with Crippen LogP contribution in [0.25, 0.3) is 0 Å². The number of hydrogen-bond acceptors (Lipinski definition) is 4. The lowest BCUT2D eigenvalue weighted by Crippen LogP contribution is -1.99. The van der Waals surface area contributed by atoms with Gasteiger partial charge in [-0.05, 0) is 37.0 Å². The molecule has 0 radical (unpaired) electrons. The van der Waals surface area contributed by atoms with E-state index in [-0.39, 0.29) is 0 Å². The molecule has 1 N–H and O–H groups in total. The minimum absolute atomic E-state index is 0.526. The van der Waals surface area contributed by atoms with Gasteiger partial charge in [0, 0.05) is 11.4 Å². The van der Waals surface area contributed by atoms with Crippen LogP contribution in [0, 0.1) is 13.8 Å². The zero-order valence-electron chi connectivity index (χ0n) is 12.4. The van der Waals surface area contributed by atoms with Gasteiger partial charge in [0.25, 0.3) is 0 Å². The normalized spacial score (nSPS) is 11.2. The molecule has 0 aliphatic rings. The second-order valence-electron chi connectivity index (χ2n) is 5.17. The molecule has 0 amide bonds. The minimum atomic E-state index is 0.526. The Bertz CT molecular complexity index is 580. The molecule has 0 saturated carbocycles. The van der Waals surface area contributed by atoms with Crippen LogP contribution in [0.15, 0.2) is 35.4 Å². The van der Waals surface area contributed by atoms with Crippen molar-refractivity contribution in [2.24, 2.45) is 5.10 Å². The van der Waals surface area contributed by atoms with E-state index in [4.69, 9.17) is 0 Å². The summed E-state index contributed by atoms with van der Waals surface area (Å²) in [7, 11) is 0. The summed E-state index contributed by atoms with van der Waals surface area (Å²) in [5, 5.41) is 4.17. The topological polar surface area (TPSA) is 50.2 Å². The summed E-state index contributed by atoms with van der Waals surface area (Å²) in [4.78, 5) is 8.53. The number of rotatable bonds is 4. The lowest BCUT2D eigenvalue weighted by atomic mass is 10.0. The van der Waals surface area contributed by atoms with Crippen LogP contribution < -0.4 is 5.43 Å². The van der Waals surface area contributed by atoms with Crippen LogP contribution in [0.2, 0.25) is 0 Å². The molecule has 2 aromatic rings. The van der Waals surface area contributed by atoms with Gasteiger partial charge in [-0.3, -0.25) is 0 Å². The monoisotopic (exact) mass is 268 g/mol. The van der Waals surface area contributed by atoms with Gasteiger partial charge < -0.3 is 0 Å². The maximum absolute atomic E-state index is 4.27. The number of hydrogen-bond donors (Lipinski definition) is 1. The molecular formula is C16H20N4. The second-order valence-corrected chi connectivity index (χ2v) is 5.17. The highest BCUT2D eigenvalue weighted by Crippen LogP contribution is 2.13. The zero-order valence-corrected chi connectivity index (χ0v) is 12.4. The highest BCUT2D eigenvalue weighted by atomic mass is 15.3. The largest absolute Gasteiger partial charge is 0.245 e. The van der Waals surface area contributed by atoms with Gasteiger partial charge in [0.15, 0.2) is 0 Å². The van der Waals surface area contributed by atoms with E-state index in [0.717, 1.165) is 17.0 Å². The van der Waals surface area contributed by atoms with Crippen molar-refractivity contribution in [2.75, 3.05) is 5.43 Å². The molecule has 20 heavy (non-hydrogen) atoms. The number of nitrogens with zero attached hydrogens (tertiary/aromatic N) is 3. The molecule has 2 rings (SSSR count). The third-order valence-corrected chi connectivity index (χ3v) is 2.96. The number of benzene rings is 1. The molecule has 0 aliphatic carbocycles. The molecule has 0 spiro atoms. The Labute approximate surface area is 120 Å². The Balaban J connectivity index is 2.02. The Morgan fingerprint density at radius 2 is 1.65 bits per heavy atom. The van der Waals surface area contributed by atoms with Gasteiger partial charge in [-0.2, -0.15) is 5.10 Å². The number of nitrogens with one attached hydrogen (secondary N) is 1. The van der Waals surface area contributed by atoms with E-state index in [0.29, 0.717) is 11.9 Å². The Hall–Kier alpha value is -2.23. The van der Waals surface area contributed by atoms with Crippen molar-refractivity contribution in [3.8, 4) is 0 Å². The van der Waals surface area contributed by atoms with Crippen molar-refractivity contribution in [1.82, 2.24) is 9.97 Å². The molecule has 1 aromatic carbocycles. The van der Waals surface area contributed by atoms with Crippen LogP contribution in [-0.2, 0) is 0 Å². The first-order valence-electron chi connectivity index (χ1n) is 6.76. The summed E-state index contributed by atoms with van der Waals surface area (Å²) < 4.78 is 0. The molecule has 0 atom stereocenters. The van der Waals surface area contributed by atoms with Gasteiger partial charge in [-0.25, -0.2) is 15.4 Å². The van der Waals surface area contributed by atoms with Gasteiger partial charge in [0.2, 0.25) is 5.95 Å². The summed E-state index contributed by atoms with van der Waals surface area (Å²) in [6.45, 7) is 8.24. The molecule has 0 saturated heterocycles. The summed E-state index contributed by atoms with van der Waals surface area (Å²) in [5.41, 5.74) is 7.09. The SMILES string of the molecule is Cc1cc(C)nc(N/N=C/c2ccc(C(C)C)cc2)n1.